The summed E-state index contributed by atoms with van der Waals surface area (Å²) in [5, 5.41) is 29.6. The molecule has 1 aromatic rings. The van der Waals surface area contributed by atoms with Crippen LogP contribution in [-0.2, 0) is 4.74 Å². The van der Waals surface area contributed by atoms with Gasteiger partial charge in [0, 0.05) is 12.3 Å². The summed E-state index contributed by atoms with van der Waals surface area (Å²) in [5.74, 6) is 0. The van der Waals surface area contributed by atoms with Crippen LogP contribution in [0.1, 0.15) is 6.23 Å². The quantitative estimate of drug-likeness (QED) is 0.469. The fraction of sp³-hybridized carbons (Fsp3) is 0.417. The number of ether oxygens (including phenoxy) is 1. The Morgan fingerprint density at radius 1 is 1.60 bits per heavy atom. The van der Waals surface area contributed by atoms with Crippen molar-refractivity contribution in [2.24, 2.45) is 0 Å². The van der Waals surface area contributed by atoms with E-state index < -0.39 is 41.9 Å². The Morgan fingerprint density at radius 2 is 2.30 bits per heavy atom. The maximum Gasteiger partial charge on any atom is 0.330 e. The molecule has 0 bridgehead atoms. The number of hydrogen-bond acceptors (Lipinski definition) is 6. The lowest BCUT2D eigenvalue weighted by Crippen LogP contribution is -2.47. The van der Waals surface area contributed by atoms with Gasteiger partial charge in [0.15, 0.2) is 11.8 Å². The molecular weight excluding hydrogens is 268 g/mol. The molecule has 1 aliphatic rings. The third-order valence-corrected chi connectivity index (χ3v) is 3.14. The van der Waals surface area contributed by atoms with Crippen LogP contribution in [0, 0.1) is 0 Å². The van der Waals surface area contributed by atoms with Gasteiger partial charge in [0.2, 0.25) is 0 Å². The minimum atomic E-state index is -2.00. The molecule has 4 N–H and O–H groups in total. The minimum Gasteiger partial charge on any atom is -0.394 e. The van der Waals surface area contributed by atoms with Gasteiger partial charge < -0.3 is 20.1 Å². The Morgan fingerprint density at radius 3 is 2.85 bits per heavy atom. The Balaban J connectivity index is 2.56. The molecule has 1 fully saturated rings. The lowest BCUT2D eigenvalue weighted by Gasteiger charge is -2.27. The summed E-state index contributed by atoms with van der Waals surface area (Å²) < 4.78 is 6.20. The number of H-pyrrole nitrogens is 1. The van der Waals surface area contributed by atoms with Crippen LogP contribution in [0.3, 0.4) is 0 Å². The lowest BCUT2D eigenvalue weighted by atomic mass is 9.94. The molecule has 0 aliphatic carbocycles. The predicted octanol–water partition coefficient (Wildman–Crippen LogP) is -2.14. The van der Waals surface area contributed by atoms with Crippen LogP contribution in [0.2, 0.25) is 0 Å². The van der Waals surface area contributed by atoms with E-state index in [2.05, 4.69) is 12.3 Å². The second kappa shape index (κ2) is 5.20. The van der Waals surface area contributed by atoms with Crippen LogP contribution >= 0.6 is 0 Å². The second-order valence-electron chi connectivity index (χ2n) is 4.41. The van der Waals surface area contributed by atoms with Gasteiger partial charge in [-0.25, -0.2) is 4.79 Å². The molecule has 4 atom stereocenters. The summed E-state index contributed by atoms with van der Waals surface area (Å²) in [4.78, 5) is 24.8. The average molecular weight is 282 g/mol. The molecule has 1 aromatic heterocycles. The normalized spacial score (nSPS) is 32.9. The van der Waals surface area contributed by atoms with Gasteiger partial charge in [-0.3, -0.25) is 14.3 Å². The molecule has 0 saturated carbocycles. The number of rotatable bonds is 3. The highest BCUT2D eigenvalue weighted by molar-refractivity contribution is 5.13. The first kappa shape index (κ1) is 14.4. The molecule has 8 nitrogen and oxygen atoms in total. The zero-order valence-electron chi connectivity index (χ0n) is 10.4. The number of nitrogens with zero attached hydrogens (tertiary/aromatic N) is 1. The smallest absolute Gasteiger partial charge is 0.330 e. The highest BCUT2D eigenvalue weighted by Gasteiger charge is 2.55. The monoisotopic (exact) mass is 282 g/mol. The highest BCUT2D eigenvalue weighted by Crippen LogP contribution is 2.38. The van der Waals surface area contributed by atoms with Crippen LogP contribution in [0.5, 0.6) is 0 Å². The van der Waals surface area contributed by atoms with Crippen molar-refractivity contribution < 1.29 is 20.1 Å². The summed E-state index contributed by atoms with van der Waals surface area (Å²) in [5.41, 5.74) is -1.10. The van der Waals surface area contributed by atoms with Gasteiger partial charge in [0.1, 0.15) is 12.2 Å². The number of hydrogen-bond donors (Lipinski definition) is 4. The number of nitrogens with one attached hydrogen (secondary N) is 1. The fourth-order valence-electron chi connectivity index (χ4n) is 2.16. The topological polar surface area (TPSA) is 125 Å². The van der Waals surface area contributed by atoms with Gasteiger partial charge in [-0.1, -0.05) is 6.58 Å². The third-order valence-electron chi connectivity index (χ3n) is 3.14. The third kappa shape index (κ3) is 2.15. The molecule has 108 valence electrons. The molecule has 0 amide bonds. The van der Waals surface area contributed by atoms with E-state index in [4.69, 9.17) is 9.84 Å². The fourth-order valence-corrected chi connectivity index (χ4v) is 2.16. The van der Waals surface area contributed by atoms with E-state index in [1.807, 2.05) is 4.98 Å². The van der Waals surface area contributed by atoms with Crippen molar-refractivity contribution in [2.75, 3.05) is 6.61 Å². The van der Waals surface area contributed by atoms with Gasteiger partial charge in [-0.05, 0) is 6.08 Å². The number of aromatic nitrogens is 2. The van der Waals surface area contributed by atoms with Crippen molar-refractivity contribution in [2.45, 2.75) is 24.0 Å². The van der Waals surface area contributed by atoms with E-state index in [0.29, 0.717) is 0 Å². The van der Waals surface area contributed by atoms with E-state index >= 15 is 0 Å². The molecule has 8 heteroatoms. The van der Waals surface area contributed by atoms with Crippen molar-refractivity contribution in [1.29, 1.82) is 0 Å². The number of aliphatic hydroxyl groups is 3. The van der Waals surface area contributed by atoms with Gasteiger partial charge >= 0.3 is 5.69 Å². The van der Waals surface area contributed by atoms with Crippen LogP contribution in [-0.4, -0.2) is 49.3 Å². The Labute approximate surface area is 112 Å². The first-order chi connectivity index (χ1) is 9.43. The maximum atomic E-state index is 11.7. The zero-order chi connectivity index (χ0) is 14.9. The SMILES string of the molecule is C=C=CC1(O)C(O)C(CO)OC1n1ccc(=O)[nH]c1=O. The van der Waals surface area contributed by atoms with E-state index in [9.17, 15) is 19.8 Å². The predicted molar refractivity (Wildman–Crippen MR) is 67.0 cm³/mol. The molecule has 2 heterocycles. The van der Waals surface area contributed by atoms with E-state index in [1.165, 1.54) is 0 Å². The molecule has 20 heavy (non-hydrogen) atoms. The molecule has 0 aromatic carbocycles. The van der Waals surface area contributed by atoms with E-state index in [-0.39, 0.29) is 0 Å². The molecule has 0 spiro atoms. The minimum absolute atomic E-state index is 0.553. The first-order valence-corrected chi connectivity index (χ1v) is 5.79. The highest BCUT2D eigenvalue weighted by atomic mass is 16.6. The molecule has 1 aliphatic heterocycles. The second-order valence-corrected chi connectivity index (χ2v) is 4.41. The molecular formula is C12H14N2O6. The zero-order valence-corrected chi connectivity index (χ0v) is 10.4. The van der Waals surface area contributed by atoms with E-state index in [0.717, 1.165) is 22.9 Å². The van der Waals surface area contributed by atoms with Crippen molar-refractivity contribution in [3.63, 3.8) is 0 Å². The summed E-state index contributed by atoms with van der Waals surface area (Å²) in [7, 11) is 0. The largest absolute Gasteiger partial charge is 0.394 e. The number of aliphatic hydroxyl groups excluding tert-OH is 2. The van der Waals surface area contributed by atoms with Crippen molar-refractivity contribution >= 4 is 0 Å². The Hall–Kier alpha value is -1.96. The summed E-state index contributed by atoms with van der Waals surface area (Å²) in [6, 6.07) is 1.07. The lowest BCUT2D eigenvalue weighted by molar-refractivity contribution is -0.0814. The van der Waals surface area contributed by atoms with E-state index in [1.54, 1.807) is 0 Å². The number of aromatic amines is 1. The molecule has 0 radical (unpaired) electrons. The molecule has 1 saturated heterocycles. The van der Waals surface area contributed by atoms with Crippen LogP contribution in [0.4, 0.5) is 0 Å². The van der Waals surface area contributed by atoms with Gasteiger partial charge in [0.05, 0.1) is 6.61 Å². The van der Waals surface area contributed by atoms with Crippen molar-refractivity contribution in [1.82, 2.24) is 9.55 Å². The molecule has 4 unspecified atom stereocenters. The summed E-state index contributed by atoms with van der Waals surface area (Å²) in [6.07, 6.45) is -1.72. The maximum absolute atomic E-state index is 11.7. The molecule has 2 rings (SSSR count). The van der Waals surface area contributed by atoms with Gasteiger partial charge in [0.25, 0.3) is 5.56 Å². The summed E-state index contributed by atoms with van der Waals surface area (Å²) in [6.45, 7) is 2.75. The standard InChI is InChI=1S/C12H14N2O6/c1-2-4-12(19)9(17)7(6-15)20-10(12)14-5-3-8(16)13-11(14)18/h3-5,7,9-10,15,17,19H,1,6H2,(H,13,16,18). The Bertz CT molecular complexity index is 658. The van der Waals surface area contributed by atoms with Crippen LogP contribution in [0.25, 0.3) is 0 Å². The average Bonchev–Trinajstić information content (AvgIpc) is 2.63. The first-order valence-electron chi connectivity index (χ1n) is 5.79. The van der Waals surface area contributed by atoms with Crippen molar-refractivity contribution in [3.05, 3.63) is 51.5 Å². The van der Waals surface area contributed by atoms with Crippen LogP contribution in [0.15, 0.2) is 40.2 Å². The van der Waals surface area contributed by atoms with Crippen molar-refractivity contribution in [3.8, 4) is 0 Å². The summed E-state index contributed by atoms with van der Waals surface area (Å²) >= 11 is 0. The van der Waals surface area contributed by atoms with Gasteiger partial charge in [-0.2, -0.15) is 0 Å². The van der Waals surface area contributed by atoms with Gasteiger partial charge in [-0.15, -0.1) is 5.73 Å². The Kier molecular flexibility index (Phi) is 3.76. The van der Waals surface area contributed by atoms with Crippen LogP contribution < -0.4 is 11.2 Å².